The third-order valence-corrected chi connectivity index (χ3v) is 4.62. The fraction of sp³-hybridized carbons (Fsp3) is 0.571. The van der Waals surface area contributed by atoms with Gasteiger partial charge >= 0.3 is 0 Å². The second kappa shape index (κ2) is 5.95. The SMILES string of the molecule is CCC1CCC(Nc2cc(Cl)c(F)cc2[N+](=O)[O-])C1C. The lowest BCUT2D eigenvalue weighted by Gasteiger charge is -2.22. The number of nitro groups is 1. The lowest BCUT2D eigenvalue weighted by molar-refractivity contribution is -0.384. The van der Waals surface area contributed by atoms with Gasteiger partial charge in [-0.05, 0) is 30.7 Å². The van der Waals surface area contributed by atoms with Gasteiger partial charge in [0.25, 0.3) is 5.69 Å². The summed E-state index contributed by atoms with van der Waals surface area (Å²) in [5.74, 6) is 0.292. The van der Waals surface area contributed by atoms with Crippen molar-refractivity contribution < 1.29 is 9.31 Å². The number of rotatable bonds is 4. The van der Waals surface area contributed by atoms with Crippen LogP contribution < -0.4 is 5.32 Å². The summed E-state index contributed by atoms with van der Waals surface area (Å²) in [6.07, 6.45) is 3.18. The lowest BCUT2D eigenvalue weighted by Crippen LogP contribution is -2.25. The van der Waals surface area contributed by atoms with Crippen LogP contribution in [0.15, 0.2) is 12.1 Å². The lowest BCUT2D eigenvalue weighted by atomic mass is 9.93. The van der Waals surface area contributed by atoms with E-state index in [1.807, 2.05) is 0 Å². The molecule has 0 heterocycles. The van der Waals surface area contributed by atoms with Crippen LogP contribution in [0.1, 0.15) is 33.1 Å². The number of halogens is 2. The van der Waals surface area contributed by atoms with Crippen LogP contribution in [0, 0.1) is 27.8 Å². The van der Waals surface area contributed by atoms with E-state index in [9.17, 15) is 14.5 Å². The highest BCUT2D eigenvalue weighted by Gasteiger charge is 2.32. The molecule has 0 radical (unpaired) electrons. The zero-order valence-corrected chi connectivity index (χ0v) is 12.3. The Morgan fingerprint density at radius 2 is 2.20 bits per heavy atom. The average molecular weight is 301 g/mol. The fourth-order valence-corrected chi connectivity index (χ4v) is 3.19. The summed E-state index contributed by atoms with van der Waals surface area (Å²) in [4.78, 5) is 10.4. The highest BCUT2D eigenvalue weighted by atomic mass is 35.5. The molecule has 0 saturated heterocycles. The number of nitrogens with zero attached hydrogens (tertiary/aromatic N) is 1. The molecule has 1 aliphatic carbocycles. The Hall–Kier alpha value is -1.36. The average Bonchev–Trinajstić information content (AvgIpc) is 2.74. The van der Waals surface area contributed by atoms with E-state index < -0.39 is 10.7 Å². The molecule has 1 saturated carbocycles. The summed E-state index contributed by atoms with van der Waals surface area (Å²) < 4.78 is 13.4. The first-order valence-electron chi connectivity index (χ1n) is 6.84. The molecule has 0 aliphatic heterocycles. The van der Waals surface area contributed by atoms with Crippen LogP contribution in [-0.4, -0.2) is 11.0 Å². The highest BCUT2D eigenvalue weighted by molar-refractivity contribution is 6.31. The predicted octanol–water partition coefficient (Wildman–Crippen LogP) is 4.62. The molecular formula is C14H18ClFN2O2. The molecule has 1 aromatic carbocycles. The second-order valence-corrected chi connectivity index (χ2v) is 5.80. The van der Waals surface area contributed by atoms with Gasteiger partial charge in [-0.15, -0.1) is 0 Å². The Labute approximate surface area is 122 Å². The number of nitro benzene ring substituents is 1. The van der Waals surface area contributed by atoms with E-state index in [0.29, 0.717) is 17.5 Å². The van der Waals surface area contributed by atoms with E-state index in [1.54, 1.807) is 0 Å². The van der Waals surface area contributed by atoms with Gasteiger partial charge in [0.2, 0.25) is 0 Å². The monoisotopic (exact) mass is 300 g/mol. The number of hydrogen-bond acceptors (Lipinski definition) is 3. The Kier molecular flexibility index (Phi) is 4.48. The van der Waals surface area contributed by atoms with E-state index in [0.717, 1.165) is 25.3 Å². The summed E-state index contributed by atoms with van der Waals surface area (Å²) in [6, 6.07) is 2.35. The molecule has 1 aromatic rings. The van der Waals surface area contributed by atoms with Gasteiger partial charge in [0.1, 0.15) is 11.5 Å². The van der Waals surface area contributed by atoms with Gasteiger partial charge in [0.05, 0.1) is 16.0 Å². The fourth-order valence-electron chi connectivity index (χ4n) is 3.03. The Morgan fingerprint density at radius 3 is 2.75 bits per heavy atom. The molecule has 20 heavy (non-hydrogen) atoms. The Morgan fingerprint density at radius 1 is 1.50 bits per heavy atom. The smallest absolute Gasteiger partial charge is 0.295 e. The molecule has 3 unspecified atom stereocenters. The van der Waals surface area contributed by atoms with Gasteiger partial charge in [0, 0.05) is 6.04 Å². The molecule has 0 amide bonds. The zero-order valence-electron chi connectivity index (χ0n) is 11.5. The second-order valence-electron chi connectivity index (χ2n) is 5.40. The minimum absolute atomic E-state index is 0.101. The van der Waals surface area contributed by atoms with E-state index in [2.05, 4.69) is 19.2 Å². The molecule has 3 atom stereocenters. The van der Waals surface area contributed by atoms with Crippen LogP contribution in [0.2, 0.25) is 5.02 Å². The van der Waals surface area contributed by atoms with Crippen molar-refractivity contribution in [1.29, 1.82) is 0 Å². The Bertz CT molecular complexity index is 524. The van der Waals surface area contributed by atoms with Crippen molar-refractivity contribution in [2.45, 2.75) is 39.2 Å². The van der Waals surface area contributed by atoms with Crippen molar-refractivity contribution in [3.8, 4) is 0 Å². The van der Waals surface area contributed by atoms with Crippen molar-refractivity contribution in [2.75, 3.05) is 5.32 Å². The van der Waals surface area contributed by atoms with Crippen molar-refractivity contribution in [3.05, 3.63) is 33.1 Å². The normalized spacial score (nSPS) is 25.7. The van der Waals surface area contributed by atoms with Crippen molar-refractivity contribution in [1.82, 2.24) is 0 Å². The van der Waals surface area contributed by atoms with Crippen LogP contribution >= 0.6 is 11.6 Å². The molecule has 2 rings (SSSR count). The quantitative estimate of drug-likeness (QED) is 0.652. The first kappa shape index (κ1) is 15.0. The third-order valence-electron chi connectivity index (χ3n) is 4.33. The molecule has 1 fully saturated rings. The van der Waals surface area contributed by atoms with E-state index >= 15 is 0 Å². The highest BCUT2D eigenvalue weighted by Crippen LogP contribution is 2.38. The number of hydrogen-bond donors (Lipinski definition) is 1. The van der Waals surface area contributed by atoms with Crippen LogP contribution in [0.3, 0.4) is 0 Å². The minimum atomic E-state index is -0.769. The van der Waals surface area contributed by atoms with Gasteiger partial charge in [-0.1, -0.05) is 31.9 Å². The van der Waals surface area contributed by atoms with Gasteiger partial charge in [0.15, 0.2) is 0 Å². The summed E-state index contributed by atoms with van der Waals surface area (Å²) in [5, 5.41) is 14.1. The maximum absolute atomic E-state index is 13.4. The molecule has 0 aromatic heterocycles. The third kappa shape index (κ3) is 2.87. The van der Waals surface area contributed by atoms with Crippen LogP contribution in [0.25, 0.3) is 0 Å². The van der Waals surface area contributed by atoms with Gasteiger partial charge in [-0.25, -0.2) is 4.39 Å². The summed E-state index contributed by atoms with van der Waals surface area (Å²) in [5.41, 5.74) is 0.0362. The topological polar surface area (TPSA) is 55.2 Å². The number of anilines is 1. The van der Waals surface area contributed by atoms with Crippen molar-refractivity contribution >= 4 is 23.0 Å². The predicted molar refractivity (Wildman–Crippen MR) is 77.7 cm³/mol. The summed E-state index contributed by atoms with van der Waals surface area (Å²) in [7, 11) is 0. The van der Waals surface area contributed by atoms with Crippen molar-refractivity contribution in [3.63, 3.8) is 0 Å². The molecule has 6 heteroatoms. The molecule has 4 nitrogen and oxygen atoms in total. The number of nitrogens with one attached hydrogen (secondary N) is 1. The first-order valence-corrected chi connectivity index (χ1v) is 7.21. The molecule has 0 spiro atoms. The number of benzene rings is 1. The van der Waals surface area contributed by atoms with E-state index in [-0.39, 0.29) is 16.8 Å². The van der Waals surface area contributed by atoms with E-state index in [4.69, 9.17) is 11.6 Å². The zero-order chi connectivity index (χ0) is 14.9. The van der Waals surface area contributed by atoms with Crippen molar-refractivity contribution in [2.24, 2.45) is 11.8 Å². The Balaban J connectivity index is 2.25. The maximum Gasteiger partial charge on any atom is 0.295 e. The van der Waals surface area contributed by atoms with E-state index in [1.165, 1.54) is 6.07 Å². The summed E-state index contributed by atoms with van der Waals surface area (Å²) in [6.45, 7) is 4.30. The van der Waals surface area contributed by atoms with Gasteiger partial charge in [-0.2, -0.15) is 0 Å². The summed E-state index contributed by atoms with van der Waals surface area (Å²) >= 11 is 5.73. The van der Waals surface area contributed by atoms with Gasteiger partial charge in [-0.3, -0.25) is 10.1 Å². The maximum atomic E-state index is 13.4. The standard InChI is InChI=1S/C14H18ClFN2O2/c1-3-9-4-5-12(8(9)2)17-13-6-10(15)11(16)7-14(13)18(19)20/h6-9,12,17H,3-5H2,1-2H3. The molecule has 1 aliphatic rings. The molecule has 110 valence electrons. The first-order chi connectivity index (χ1) is 9.43. The minimum Gasteiger partial charge on any atom is -0.376 e. The molecule has 1 N–H and O–H groups in total. The van der Waals surface area contributed by atoms with Gasteiger partial charge < -0.3 is 5.32 Å². The largest absolute Gasteiger partial charge is 0.376 e. The van der Waals surface area contributed by atoms with Crippen LogP contribution in [-0.2, 0) is 0 Å². The van der Waals surface area contributed by atoms with Crippen LogP contribution in [0.4, 0.5) is 15.8 Å². The van der Waals surface area contributed by atoms with Crippen LogP contribution in [0.5, 0.6) is 0 Å². The molecule has 0 bridgehead atoms. The molecular weight excluding hydrogens is 283 g/mol.